The first-order valence-corrected chi connectivity index (χ1v) is 9.44. The second kappa shape index (κ2) is 8.41. The Kier molecular flexibility index (Phi) is 6.00. The minimum atomic E-state index is -0.558. The van der Waals surface area contributed by atoms with Crippen LogP contribution in [0, 0.1) is 0 Å². The SMILES string of the molecule is CC(Oc1ccccc1)C(=O)N1CCN=C1SCc1cccc(Cl)c1. The Morgan fingerprint density at radius 2 is 2.08 bits per heavy atom. The highest BCUT2D eigenvalue weighted by molar-refractivity contribution is 8.13. The quantitative estimate of drug-likeness (QED) is 0.786. The van der Waals surface area contributed by atoms with E-state index in [1.54, 1.807) is 23.6 Å². The summed E-state index contributed by atoms with van der Waals surface area (Å²) in [5, 5.41) is 1.46. The molecule has 0 fully saturated rings. The predicted molar refractivity (Wildman–Crippen MR) is 103 cm³/mol. The van der Waals surface area contributed by atoms with Gasteiger partial charge in [-0.1, -0.05) is 53.7 Å². The molecule has 1 amide bonds. The molecule has 0 saturated carbocycles. The second-order valence-corrected chi connectivity index (χ2v) is 7.02. The third-order valence-electron chi connectivity index (χ3n) is 3.73. The predicted octanol–water partition coefficient (Wildman–Crippen LogP) is 4.24. The molecule has 2 aromatic carbocycles. The van der Waals surface area contributed by atoms with Gasteiger partial charge in [-0.2, -0.15) is 0 Å². The first-order chi connectivity index (χ1) is 12.1. The molecule has 4 nitrogen and oxygen atoms in total. The van der Waals surface area contributed by atoms with E-state index in [-0.39, 0.29) is 5.91 Å². The molecule has 0 saturated heterocycles. The highest BCUT2D eigenvalue weighted by Crippen LogP contribution is 2.22. The molecule has 0 N–H and O–H groups in total. The number of para-hydroxylation sites is 1. The summed E-state index contributed by atoms with van der Waals surface area (Å²) in [6, 6.07) is 17.1. The summed E-state index contributed by atoms with van der Waals surface area (Å²) < 4.78 is 5.74. The lowest BCUT2D eigenvalue weighted by Gasteiger charge is -2.22. The van der Waals surface area contributed by atoms with Gasteiger partial charge in [-0.3, -0.25) is 14.7 Å². The van der Waals surface area contributed by atoms with E-state index in [2.05, 4.69) is 4.99 Å². The molecule has 1 atom stereocenters. The number of hydrogen-bond acceptors (Lipinski definition) is 4. The molecule has 3 rings (SSSR count). The van der Waals surface area contributed by atoms with Gasteiger partial charge in [0.15, 0.2) is 11.3 Å². The molecule has 6 heteroatoms. The van der Waals surface area contributed by atoms with Gasteiger partial charge >= 0.3 is 0 Å². The maximum absolute atomic E-state index is 12.7. The van der Waals surface area contributed by atoms with Crippen molar-refractivity contribution in [2.75, 3.05) is 13.1 Å². The lowest BCUT2D eigenvalue weighted by Crippen LogP contribution is -2.41. The number of amides is 1. The summed E-state index contributed by atoms with van der Waals surface area (Å²) >= 11 is 7.56. The average molecular weight is 375 g/mol. The molecule has 1 aliphatic heterocycles. The van der Waals surface area contributed by atoms with Crippen molar-refractivity contribution in [1.82, 2.24) is 4.90 Å². The summed E-state index contributed by atoms with van der Waals surface area (Å²) in [6.45, 7) is 2.99. The number of halogens is 1. The number of thioether (sulfide) groups is 1. The Morgan fingerprint density at radius 3 is 2.84 bits per heavy atom. The van der Waals surface area contributed by atoms with Crippen LogP contribution in [-0.2, 0) is 10.5 Å². The Morgan fingerprint density at radius 1 is 1.28 bits per heavy atom. The molecule has 0 aliphatic carbocycles. The van der Waals surface area contributed by atoms with Crippen LogP contribution in [0.4, 0.5) is 0 Å². The third-order valence-corrected chi connectivity index (χ3v) is 5.05. The molecule has 0 radical (unpaired) electrons. The first-order valence-electron chi connectivity index (χ1n) is 8.08. The third kappa shape index (κ3) is 4.77. The van der Waals surface area contributed by atoms with Crippen LogP contribution < -0.4 is 4.74 Å². The van der Waals surface area contributed by atoms with Crippen LogP contribution in [0.2, 0.25) is 5.02 Å². The molecule has 1 aliphatic rings. The van der Waals surface area contributed by atoms with Crippen molar-refractivity contribution in [1.29, 1.82) is 0 Å². The smallest absolute Gasteiger partial charge is 0.269 e. The lowest BCUT2D eigenvalue weighted by atomic mass is 10.2. The van der Waals surface area contributed by atoms with Crippen LogP contribution in [0.5, 0.6) is 5.75 Å². The van der Waals surface area contributed by atoms with Crippen LogP contribution in [-0.4, -0.2) is 35.2 Å². The molecule has 0 spiro atoms. The van der Waals surface area contributed by atoms with Crippen molar-refractivity contribution in [3.05, 3.63) is 65.2 Å². The lowest BCUT2D eigenvalue weighted by molar-refractivity contribution is -0.133. The van der Waals surface area contributed by atoms with Crippen LogP contribution >= 0.6 is 23.4 Å². The Balaban J connectivity index is 1.59. The summed E-state index contributed by atoms with van der Waals surface area (Å²) in [7, 11) is 0. The van der Waals surface area contributed by atoms with E-state index in [0.29, 0.717) is 23.9 Å². The number of ether oxygens (including phenoxy) is 1. The Labute approximate surface area is 156 Å². The molecule has 1 unspecified atom stereocenters. The number of benzene rings is 2. The summed E-state index contributed by atoms with van der Waals surface area (Å²) in [5.41, 5.74) is 1.10. The van der Waals surface area contributed by atoms with Crippen LogP contribution in [0.25, 0.3) is 0 Å². The zero-order valence-corrected chi connectivity index (χ0v) is 15.5. The van der Waals surface area contributed by atoms with Gasteiger partial charge in [-0.25, -0.2) is 0 Å². The van der Waals surface area contributed by atoms with Gasteiger partial charge in [0, 0.05) is 17.3 Å². The number of carbonyl (C=O) groups excluding carboxylic acids is 1. The van der Waals surface area contributed by atoms with E-state index in [0.717, 1.165) is 16.5 Å². The topological polar surface area (TPSA) is 41.9 Å². The monoisotopic (exact) mass is 374 g/mol. The van der Waals surface area contributed by atoms with Crippen molar-refractivity contribution in [3.63, 3.8) is 0 Å². The molecular formula is C19H19ClN2O2S. The van der Waals surface area contributed by atoms with Gasteiger partial charge in [0.25, 0.3) is 5.91 Å². The summed E-state index contributed by atoms with van der Waals surface area (Å²) in [4.78, 5) is 18.9. The molecule has 1 heterocycles. The highest BCUT2D eigenvalue weighted by atomic mass is 35.5. The number of hydrogen-bond donors (Lipinski definition) is 0. The molecule has 130 valence electrons. The van der Waals surface area contributed by atoms with Crippen molar-refractivity contribution in [2.45, 2.75) is 18.8 Å². The fraction of sp³-hybridized carbons (Fsp3) is 0.263. The van der Waals surface area contributed by atoms with Crippen molar-refractivity contribution in [3.8, 4) is 5.75 Å². The molecular weight excluding hydrogens is 356 g/mol. The van der Waals surface area contributed by atoms with Crippen molar-refractivity contribution < 1.29 is 9.53 Å². The largest absolute Gasteiger partial charge is 0.481 e. The maximum Gasteiger partial charge on any atom is 0.269 e. The second-order valence-electron chi connectivity index (χ2n) is 5.65. The van der Waals surface area contributed by atoms with Crippen molar-refractivity contribution >= 4 is 34.4 Å². The first kappa shape index (κ1) is 17.8. The molecule has 2 aromatic rings. The van der Waals surface area contributed by atoms with E-state index in [1.165, 1.54) is 0 Å². The van der Waals surface area contributed by atoms with E-state index in [1.807, 2.05) is 54.6 Å². The molecule has 0 bridgehead atoms. The molecule has 0 aromatic heterocycles. The van der Waals surface area contributed by atoms with Gasteiger partial charge < -0.3 is 4.74 Å². The van der Waals surface area contributed by atoms with Crippen LogP contribution in [0.3, 0.4) is 0 Å². The van der Waals surface area contributed by atoms with Gasteiger partial charge in [-0.05, 0) is 36.8 Å². The van der Waals surface area contributed by atoms with E-state index >= 15 is 0 Å². The summed E-state index contributed by atoms with van der Waals surface area (Å²) in [5.74, 6) is 1.34. The zero-order chi connectivity index (χ0) is 17.6. The standard InChI is InChI=1S/C19H19ClN2O2S/c1-14(24-17-8-3-2-4-9-17)18(23)22-11-10-21-19(22)25-13-15-6-5-7-16(20)12-15/h2-9,12,14H,10-11,13H2,1H3. The van der Waals surface area contributed by atoms with Gasteiger partial charge in [-0.15, -0.1) is 0 Å². The minimum absolute atomic E-state index is 0.0707. The van der Waals surface area contributed by atoms with E-state index in [9.17, 15) is 4.79 Å². The van der Waals surface area contributed by atoms with Gasteiger partial charge in [0.1, 0.15) is 5.75 Å². The van der Waals surface area contributed by atoms with Crippen LogP contribution in [0.1, 0.15) is 12.5 Å². The van der Waals surface area contributed by atoms with Crippen molar-refractivity contribution in [2.24, 2.45) is 4.99 Å². The number of carbonyl (C=O) groups is 1. The number of aliphatic imine (C=N–C) groups is 1. The fourth-order valence-corrected chi connectivity index (χ4v) is 3.71. The maximum atomic E-state index is 12.7. The highest BCUT2D eigenvalue weighted by Gasteiger charge is 2.29. The average Bonchev–Trinajstić information content (AvgIpc) is 3.08. The fourth-order valence-electron chi connectivity index (χ4n) is 2.50. The Bertz CT molecular complexity index is 767. The molecule has 25 heavy (non-hydrogen) atoms. The van der Waals surface area contributed by atoms with E-state index in [4.69, 9.17) is 16.3 Å². The number of amidine groups is 1. The summed E-state index contributed by atoms with van der Waals surface area (Å²) in [6.07, 6.45) is -0.558. The normalized spacial score (nSPS) is 15.0. The minimum Gasteiger partial charge on any atom is -0.481 e. The Hall–Kier alpha value is -1.98. The zero-order valence-electron chi connectivity index (χ0n) is 13.9. The van der Waals surface area contributed by atoms with Gasteiger partial charge in [0.2, 0.25) is 0 Å². The van der Waals surface area contributed by atoms with Crippen LogP contribution in [0.15, 0.2) is 59.6 Å². The number of rotatable bonds is 5. The van der Waals surface area contributed by atoms with E-state index < -0.39 is 6.10 Å². The number of nitrogens with zero attached hydrogens (tertiary/aromatic N) is 2. The van der Waals surface area contributed by atoms with Gasteiger partial charge in [0.05, 0.1) is 6.54 Å².